The Kier molecular flexibility index (Phi) is 33.1. The second-order valence-electron chi connectivity index (χ2n) is 33.9. The van der Waals surface area contributed by atoms with E-state index in [0.29, 0.717) is 17.5 Å². The quantitative estimate of drug-likeness (QED) is 0.0131. The van der Waals surface area contributed by atoms with Crippen molar-refractivity contribution in [3.05, 3.63) is 148 Å². The van der Waals surface area contributed by atoms with Crippen molar-refractivity contribution in [1.82, 2.24) is 96.8 Å². The number of aromatic nitrogens is 20. The highest BCUT2D eigenvalue weighted by Crippen LogP contribution is 2.65. The first-order valence-corrected chi connectivity index (χ1v) is 62.5. The maximum Gasteiger partial charge on any atom is 0.386 e. The van der Waals surface area contributed by atoms with Crippen LogP contribution in [0.2, 0.25) is 0 Å². The van der Waals surface area contributed by atoms with Crippen LogP contribution in [-0.2, 0) is 128 Å². The van der Waals surface area contributed by atoms with E-state index >= 15 is 9.13 Å². The molecule has 59 nitrogen and oxygen atoms in total. The molecule has 7 saturated heterocycles. The van der Waals surface area contributed by atoms with Gasteiger partial charge in [-0.15, -0.1) is 0 Å². The predicted molar refractivity (Wildman–Crippen MR) is 530 cm³/mol. The summed E-state index contributed by atoms with van der Waals surface area (Å²) in [4.78, 5) is 128. The molecule has 7 aliphatic rings. The lowest BCUT2D eigenvalue weighted by Gasteiger charge is -2.27. The van der Waals surface area contributed by atoms with Crippen molar-refractivity contribution in [3.8, 4) is 0 Å². The van der Waals surface area contributed by atoms with Crippen LogP contribution in [0, 0.1) is 27.7 Å². The minimum absolute atomic E-state index is 0.00173. The van der Waals surface area contributed by atoms with Gasteiger partial charge in [-0.2, -0.15) is 9.97 Å². The van der Waals surface area contributed by atoms with E-state index in [4.69, 9.17) is 125 Å². The van der Waals surface area contributed by atoms with Crippen molar-refractivity contribution >= 4 is 196 Å². The van der Waals surface area contributed by atoms with Gasteiger partial charge in [-0.05, 0) is 34.1 Å². The molecule has 28 atom stereocenters. The molecular formula is C72H96N25O34P7S7. The van der Waals surface area contributed by atoms with Gasteiger partial charge in [0.15, 0.2) is 34.4 Å². The molecule has 7 fully saturated rings. The third kappa shape index (κ3) is 25.3. The molecule has 17 rings (SSSR count). The molecule has 0 amide bonds. The molecule has 73 heteroatoms. The fraction of sp³-hybridized carbons (Fsp3) is 0.569. The number of anilines is 5. The molecule has 17 heterocycles. The largest absolute Gasteiger partial charge is 0.386 e. The van der Waals surface area contributed by atoms with Gasteiger partial charge in [-0.1, -0.05) is 92.7 Å². The highest BCUT2D eigenvalue weighted by molar-refractivity contribution is 8.46. The second kappa shape index (κ2) is 44.0. The van der Waals surface area contributed by atoms with Gasteiger partial charge in [-0.25, -0.2) is 96.0 Å². The van der Waals surface area contributed by atoms with Crippen molar-refractivity contribution in [2.24, 2.45) is 0 Å². The van der Waals surface area contributed by atoms with Crippen LogP contribution in [0.25, 0.3) is 33.5 Å². The zero-order valence-electron chi connectivity index (χ0n) is 76.4. The fourth-order valence-corrected chi connectivity index (χ4v) is 27.1. The highest BCUT2D eigenvalue weighted by atomic mass is 32.7. The van der Waals surface area contributed by atoms with Crippen LogP contribution in [0.15, 0.2) is 91.5 Å². The topological polar surface area (TPSA) is 754 Å². The van der Waals surface area contributed by atoms with Crippen LogP contribution in [0.5, 0.6) is 0 Å². The number of rotatable bonds is 41. The van der Waals surface area contributed by atoms with Crippen molar-refractivity contribution in [2.75, 3.05) is 75.4 Å². The van der Waals surface area contributed by atoms with Gasteiger partial charge in [-0.3, -0.25) is 110 Å². The summed E-state index contributed by atoms with van der Waals surface area (Å²) in [6.07, 6.45) is -15.5. The number of ether oxygens (including phenoxy) is 7. The molecule has 14 unspecified atom stereocenters. The van der Waals surface area contributed by atoms with Crippen LogP contribution < -0.4 is 62.5 Å². The van der Waals surface area contributed by atoms with E-state index in [-0.39, 0.29) is 112 Å². The van der Waals surface area contributed by atoms with Gasteiger partial charge >= 0.3 is 70.3 Å². The summed E-state index contributed by atoms with van der Waals surface area (Å²) >= 11 is 30.2. The number of fused-ring (bicyclic) bond motifs is 3. The second-order valence-corrected chi connectivity index (χ2v) is 54.1. The zero-order chi connectivity index (χ0) is 104. The Morgan fingerprint density at radius 3 is 0.807 bits per heavy atom. The molecular weight excluding hydrogens is 2200 g/mol. The standard InChI is InChI=1S/C72H96N25O34P7S7/c1-7-35-36(8-49(118-35)91-15-31(2)59(73)87-69(91)100)126-133(105,140)112-22-46-40(12-53(122-46)95-28-84-56-61(75)78-25-81-64(56)95)130-137(109,144)116-24-48-42(14-55(124-48)97-30-86-58-63(77)80-27-83-66(58)97)131-138(110,145)117-23-47-41(13-54(123-47)96-29-85-57-62(76)79-26-82-65(57)96)129-136(108,143)115-21-45-39(11-52(121-45)94-18-34(5)68(99)90-72(94)103)128-135(107,142)114-20-44-38(10-50(120-44)92-16-32(3)60(74)88-70(92)101)127-134(106,141)113-19-43-37(125-132(104,139)111-6)9-51(119-43)93-17-33(4)67(98)89-71(93)102/h15-18,25-30,35-55H,7-14,19-24H2,1-6H3,(H,104,139)(H,105,140)(H,106,141)(H,107,142)(H,108,143)(H,109,144)(H,110,145)(H2,73,87,100)(H2,74,88,101)(H2,75,78,81)(H2,76,79,82)(H2,77,80,83)(H,89,98,102)(H,90,99,103)/t35-,36?,37?,38?,39?,40?,41?,42?,43-,44-,45-,46-,47-,48-,49-,50-,51-,52-,53-,54-,55-,132?,133?,134?,135?,136?,137?,138?/m1/s1. The fourth-order valence-electron chi connectivity index (χ4n) is 17.0. The monoisotopic (exact) mass is 2300 g/mol. The summed E-state index contributed by atoms with van der Waals surface area (Å²) in [6, 6.07) is 0. The first-order valence-electron chi connectivity index (χ1n) is 43.7. The van der Waals surface area contributed by atoms with Crippen LogP contribution in [-0.4, -0.2) is 229 Å². The highest BCUT2D eigenvalue weighted by Gasteiger charge is 2.53. The van der Waals surface area contributed by atoms with E-state index in [1.165, 1.54) is 88.5 Å². The summed E-state index contributed by atoms with van der Waals surface area (Å²) in [5.74, 6) is -0.0769. The summed E-state index contributed by atoms with van der Waals surface area (Å²) in [5.41, 5.74) is 27.6. The lowest BCUT2D eigenvalue weighted by Crippen LogP contribution is -2.33. The van der Waals surface area contributed by atoms with E-state index in [1.807, 2.05) is 0 Å². The maximum absolute atomic E-state index is 15.2. The van der Waals surface area contributed by atoms with Gasteiger partial charge in [0.1, 0.15) is 164 Å². The molecule has 12 N–H and O–H groups in total. The Morgan fingerprint density at radius 1 is 0.324 bits per heavy atom. The van der Waals surface area contributed by atoms with Crippen molar-refractivity contribution in [2.45, 2.75) is 215 Å². The SMILES string of the molecule is CC[C@H]1O[C@@H](n2cc(C)c(N)nc2=O)CC1OP(=O)(S)OC[C@H]1O[C@@H](n2cnc3c(N)ncnc32)CC1OP(=O)(S)OC[C@H]1O[C@@H](n2cnc3c(N)ncnc32)CC1OP(=O)(S)OC[C@H]1O[C@@H](n2cnc3c(N)ncnc32)CC1OP(=O)(S)OC[C@H]1O[C@@H](n2cc(C)c(=O)[nH]c2=O)CC1OP(=O)(S)OC[C@H]1O[C@@H](n2cc(C)c(N)nc2=O)CC1OP(=O)(S)OC[C@H]1O[C@@H](n2cc(C)c(=O)[nH]c2=O)CC1OP(=O)(S)OC. The molecule has 0 saturated carbocycles. The summed E-state index contributed by atoms with van der Waals surface area (Å²) < 4.78 is 238. The third-order valence-electron chi connectivity index (χ3n) is 24.2. The van der Waals surface area contributed by atoms with E-state index < -0.39 is 257 Å². The average molecular weight is 2300 g/mol. The summed E-state index contributed by atoms with van der Waals surface area (Å²) in [5, 5.41) is 0. The number of nitrogens with one attached hydrogen (secondary N) is 2. The molecule has 790 valence electrons. The molecule has 0 spiro atoms. The number of nitrogens with two attached hydrogens (primary N) is 5. The Morgan fingerprint density at radius 2 is 0.552 bits per heavy atom. The Hall–Kier alpha value is -7.01. The van der Waals surface area contributed by atoms with E-state index in [2.05, 4.69) is 151 Å². The lowest BCUT2D eigenvalue weighted by molar-refractivity contribution is -0.0534. The average Bonchev–Trinajstić information content (AvgIpc) is 1.63. The maximum atomic E-state index is 15.2. The molecule has 145 heavy (non-hydrogen) atoms. The van der Waals surface area contributed by atoms with Crippen molar-refractivity contribution < 1.29 is 128 Å². The minimum Gasteiger partial charge on any atom is -0.383 e. The van der Waals surface area contributed by atoms with Gasteiger partial charge in [0.2, 0.25) is 0 Å². The summed E-state index contributed by atoms with van der Waals surface area (Å²) in [7, 11) is 1.06. The van der Waals surface area contributed by atoms with Crippen LogP contribution >= 0.6 is 133 Å². The number of nitrogen functional groups attached to an aromatic ring is 5. The molecule has 10 aromatic rings. The zero-order valence-corrected chi connectivity index (χ0v) is 88.9. The first kappa shape index (κ1) is 109. The molecule has 0 radical (unpaired) electrons. The van der Waals surface area contributed by atoms with Gasteiger partial charge in [0.05, 0.1) is 70.8 Å². The molecule has 0 aliphatic carbocycles. The predicted octanol–water partition coefficient (Wildman–Crippen LogP) is 7.40. The Bertz CT molecular complexity index is 7320. The first-order chi connectivity index (χ1) is 68.4. The number of nitrogens with zero attached hydrogens (tertiary/aromatic N) is 18. The van der Waals surface area contributed by atoms with Gasteiger partial charge in [0, 0.05) is 99.1 Å². The van der Waals surface area contributed by atoms with E-state index in [0.717, 1.165) is 27.1 Å². The Balaban J connectivity index is 0.584. The number of hydrogen-bond acceptors (Lipinski definition) is 50. The Labute approximate surface area is 853 Å². The number of aryl methyl sites for hydroxylation is 4. The van der Waals surface area contributed by atoms with Gasteiger partial charge in [0.25, 0.3) is 11.1 Å². The number of H-pyrrole nitrogens is 2. The van der Waals surface area contributed by atoms with E-state index in [1.54, 1.807) is 20.8 Å². The van der Waals surface area contributed by atoms with Crippen LogP contribution in [0.4, 0.5) is 29.1 Å². The molecule has 10 aromatic heterocycles. The third-order valence-corrected chi connectivity index (χ3v) is 35.8. The van der Waals surface area contributed by atoms with E-state index in [9.17, 15) is 51.6 Å². The van der Waals surface area contributed by atoms with Crippen LogP contribution in [0.3, 0.4) is 0 Å². The smallest absolute Gasteiger partial charge is 0.383 e. The lowest BCUT2D eigenvalue weighted by atomic mass is 10.1. The van der Waals surface area contributed by atoms with Gasteiger partial charge < -0.3 is 66.4 Å². The molecule has 0 aromatic carbocycles. The molecule has 0 bridgehead atoms. The van der Waals surface area contributed by atoms with Crippen molar-refractivity contribution in [3.63, 3.8) is 0 Å². The number of imidazole rings is 3. The molecule has 7 aliphatic heterocycles. The number of thiol groups is 7. The number of aromatic amines is 2. The normalized spacial score (nSPS) is 29.6. The van der Waals surface area contributed by atoms with Crippen LogP contribution in [0.1, 0.15) is 124 Å². The summed E-state index contributed by atoms with van der Waals surface area (Å²) in [6.45, 7) is -29.3. The minimum atomic E-state index is -4.88. The van der Waals surface area contributed by atoms with Crippen molar-refractivity contribution in [1.29, 1.82) is 0 Å². The number of hydrogen-bond donors (Lipinski definition) is 14.